The van der Waals surface area contributed by atoms with Crippen LogP contribution in [0, 0.1) is 0 Å². The van der Waals surface area contributed by atoms with E-state index < -0.39 is 0 Å². The van der Waals surface area contributed by atoms with Crippen LogP contribution >= 0.6 is 0 Å². The molecule has 1 aromatic rings. The fourth-order valence-electron chi connectivity index (χ4n) is 1.10. The van der Waals surface area contributed by atoms with Crippen LogP contribution in [0.5, 0.6) is 0 Å². The summed E-state index contributed by atoms with van der Waals surface area (Å²) < 4.78 is 0. The molecule has 0 aliphatic rings. The predicted molar refractivity (Wildman–Crippen MR) is 53.5 cm³/mol. The van der Waals surface area contributed by atoms with Crippen molar-refractivity contribution in [1.82, 2.24) is 0 Å². The molecule has 0 aromatic heterocycles. The van der Waals surface area contributed by atoms with Crippen LogP contribution in [0.2, 0.25) is 0 Å². The van der Waals surface area contributed by atoms with Crippen LogP contribution in [-0.4, -0.2) is 0 Å². The van der Waals surface area contributed by atoms with Crippen LogP contribution in [-0.2, 0) is 6.54 Å². The predicted octanol–water partition coefficient (Wildman–Crippen LogP) is 1.76. The second-order valence-corrected chi connectivity index (χ2v) is 2.91. The van der Waals surface area contributed by atoms with E-state index in [0.717, 1.165) is 22.4 Å². The number of benzene rings is 1. The van der Waals surface area contributed by atoms with Crippen molar-refractivity contribution < 1.29 is 0 Å². The summed E-state index contributed by atoms with van der Waals surface area (Å²) >= 11 is 0. The van der Waals surface area contributed by atoms with E-state index in [4.69, 9.17) is 11.5 Å². The first-order valence-electron chi connectivity index (χ1n) is 3.89. The lowest BCUT2D eigenvalue weighted by atomic mass is 10.0. The first-order chi connectivity index (χ1) is 5.65. The maximum Gasteiger partial charge on any atom is 0.0390 e. The molecule has 0 atom stereocenters. The summed E-state index contributed by atoms with van der Waals surface area (Å²) in [4.78, 5) is 0. The minimum absolute atomic E-state index is 0.542. The third-order valence-corrected chi connectivity index (χ3v) is 1.81. The molecule has 2 nitrogen and oxygen atoms in total. The van der Waals surface area contributed by atoms with Crippen molar-refractivity contribution in [3.63, 3.8) is 0 Å². The van der Waals surface area contributed by atoms with Gasteiger partial charge in [-0.1, -0.05) is 12.6 Å². The Balaban J connectivity index is 3.17. The van der Waals surface area contributed by atoms with Gasteiger partial charge in [0.2, 0.25) is 0 Å². The molecule has 2 heteroatoms. The highest BCUT2D eigenvalue weighted by Gasteiger charge is 1.99. The Bertz CT molecular complexity index is 303. The van der Waals surface area contributed by atoms with Gasteiger partial charge in [-0.2, -0.15) is 0 Å². The van der Waals surface area contributed by atoms with E-state index in [9.17, 15) is 0 Å². The van der Waals surface area contributed by atoms with Crippen LogP contribution in [0.3, 0.4) is 0 Å². The van der Waals surface area contributed by atoms with Gasteiger partial charge in [0.05, 0.1) is 0 Å². The lowest BCUT2D eigenvalue weighted by Gasteiger charge is -2.06. The third kappa shape index (κ3) is 1.66. The lowest BCUT2D eigenvalue weighted by molar-refractivity contribution is 1.07. The second kappa shape index (κ2) is 3.41. The summed E-state index contributed by atoms with van der Waals surface area (Å²) in [5.74, 6) is 0. The zero-order chi connectivity index (χ0) is 9.14. The minimum Gasteiger partial charge on any atom is -0.398 e. The third-order valence-electron chi connectivity index (χ3n) is 1.81. The van der Waals surface area contributed by atoms with Gasteiger partial charge in [-0.05, 0) is 30.2 Å². The Morgan fingerprint density at radius 1 is 1.50 bits per heavy atom. The van der Waals surface area contributed by atoms with E-state index in [1.165, 1.54) is 0 Å². The average Bonchev–Trinajstić information content (AvgIpc) is 2.05. The smallest absolute Gasteiger partial charge is 0.0390 e. The molecule has 64 valence electrons. The summed E-state index contributed by atoms with van der Waals surface area (Å²) in [5, 5.41) is 0. The number of hydrogen-bond acceptors (Lipinski definition) is 2. The average molecular weight is 162 g/mol. The summed E-state index contributed by atoms with van der Waals surface area (Å²) in [7, 11) is 0. The van der Waals surface area contributed by atoms with E-state index in [-0.39, 0.29) is 0 Å². The van der Waals surface area contributed by atoms with Crippen LogP contribution in [0.15, 0.2) is 24.8 Å². The number of hydrogen-bond donors (Lipinski definition) is 2. The summed E-state index contributed by atoms with van der Waals surface area (Å²) in [6.07, 6.45) is 0. The zero-order valence-electron chi connectivity index (χ0n) is 7.30. The summed E-state index contributed by atoms with van der Waals surface area (Å²) in [6.45, 7) is 6.32. The fourth-order valence-corrected chi connectivity index (χ4v) is 1.10. The molecule has 12 heavy (non-hydrogen) atoms. The number of nitrogen functional groups attached to an aromatic ring is 1. The molecule has 0 saturated heterocycles. The van der Waals surface area contributed by atoms with Gasteiger partial charge >= 0.3 is 0 Å². The molecule has 0 heterocycles. The summed E-state index contributed by atoms with van der Waals surface area (Å²) in [6, 6.07) is 5.78. The monoisotopic (exact) mass is 162 g/mol. The fraction of sp³-hybridized carbons (Fsp3) is 0.200. The highest BCUT2D eigenvalue weighted by Crippen LogP contribution is 2.20. The van der Waals surface area contributed by atoms with Crippen molar-refractivity contribution >= 4 is 11.3 Å². The van der Waals surface area contributed by atoms with E-state index in [1.54, 1.807) is 0 Å². The van der Waals surface area contributed by atoms with Gasteiger partial charge in [0.25, 0.3) is 0 Å². The standard InChI is InChI=1S/C10H14N2/c1-7(2)9-5-8(6-11)3-4-10(9)12/h3-5H,1,6,11-12H2,2H3. The van der Waals surface area contributed by atoms with E-state index in [1.807, 2.05) is 25.1 Å². The maximum absolute atomic E-state index is 5.74. The molecule has 0 unspecified atom stereocenters. The molecule has 0 spiro atoms. The van der Waals surface area contributed by atoms with Crippen molar-refractivity contribution in [2.75, 3.05) is 5.73 Å². The van der Waals surface area contributed by atoms with Crippen molar-refractivity contribution in [2.24, 2.45) is 5.73 Å². The van der Waals surface area contributed by atoms with Crippen LogP contribution < -0.4 is 11.5 Å². The molecule has 1 aromatic carbocycles. The molecular weight excluding hydrogens is 148 g/mol. The van der Waals surface area contributed by atoms with Crippen LogP contribution in [0.4, 0.5) is 5.69 Å². The topological polar surface area (TPSA) is 52.0 Å². The van der Waals surface area contributed by atoms with Crippen molar-refractivity contribution in [2.45, 2.75) is 13.5 Å². The van der Waals surface area contributed by atoms with Gasteiger partial charge in [-0.15, -0.1) is 0 Å². The van der Waals surface area contributed by atoms with E-state index >= 15 is 0 Å². The minimum atomic E-state index is 0.542. The maximum atomic E-state index is 5.74. The molecule has 0 amide bonds. The van der Waals surface area contributed by atoms with Gasteiger partial charge < -0.3 is 11.5 Å². The summed E-state index contributed by atoms with van der Waals surface area (Å²) in [5.41, 5.74) is 15.1. The van der Waals surface area contributed by atoms with Crippen molar-refractivity contribution in [3.8, 4) is 0 Å². The van der Waals surface area contributed by atoms with Gasteiger partial charge in [0.1, 0.15) is 0 Å². The van der Waals surface area contributed by atoms with E-state index in [2.05, 4.69) is 6.58 Å². The SMILES string of the molecule is C=C(C)c1cc(CN)ccc1N. The zero-order valence-corrected chi connectivity index (χ0v) is 7.30. The van der Waals surface area contributed by atoms with Gasteiger partial charge in [-0.3, -0.25) is 0 Å². The number of allylic oxidation sites excluding steroid dienone is 1. The van der Waals surface area contributed by atoms with Crippen molar-refractivity contribution in [1.29, 1.82) is 0 Å². The van der Waals surface area contributed by atoms with E-state index in [0.29, 0.717) is 6.54 Å². The number of anilines is 1. The molecular formula is C10H14N2. The van der Waals surface area contributed by atoms with Gasteiger partial charge in [0, 0.05) is 17.8 Å². The quantitative estimate of drug-likeness (QED) is 0.651. The number of rotatable bonds is 2. The molecule has 4 N–H and O–H groups in total. The van der Waals surface area contributed by atoms with Crippen LogP contribution in [0.25, 0.3) is 5.57 Å². The Hall–Kier alpha value is -1.28. The molecule has 0 radical (unpaired) electrons. The first kappa shape index (κ1) is 8.81. The highest BCUT2D eigenvalue weighted by molar-refractivity contribution is 5.72. The molecule has 0 aliphatic heterocycles. The number of nitrogens with two attached hydrogens (primary N) is 2. The largest absolute Gasteiger partial charge is 0.398 e. The highest BCUT2D eigenvalue weighted by atomic mass is 14.6. The van der Waals surface area contributed by atoms with Crippen molar-refractivity contribution in [3.05, 3.63) is 35.9 Å². The Morgan fingerprint density at radius 2 is 2.17 bits per heavy atom. The molecule has 0 aliphatic carbocycles. The molecule has 0 bridgehead atoms. The molecule has 0 fully saturated rings. The normalized spacial score (nSPS) is 9.83. The first-order valence-corrected chi connectivity index (χ1v) is 3.89. The Morgan fingerprint density at radius 3 is 2.67 bits per heavy atom. The van der Waals surface area contributed by atoms with Gasteiger partial charge in [-0.25, -0.2) is 0 Å². The lowest BCUT2D eigenvalue weighted by Crippen LogP contribution is -1.99. The van der Waals surface area contributed by atoms with Gasteiger partial charge in [0.15, 0.2) is 0 Å². The second-order valence-electron chi connectivity index (χ2n) is 2.91. The molecule has 0 saturated carbocycles. The Kier molecular flexibility index (Phi) is 2.51. The van der Waals surface area contributed by atoms with Crippen LogP contribution in [0.1, 0.15) is 18.1 Å². The Labute approximate surface area is 72.9 Å². The molecule has 1 rings (SSSR count).